The van der Waals surface area contributed by atoms with Gasteiger partial charge in [-0.15, -0.1) is 0 Å². The fourth-order valence-electron chi connectivity index (χ4n) is 1.67. The minimum atomic E-state index is -0.475. The van der Waals surface area contributed by atoms with Gasteiger partial charge in [0.1, 0.15) is 0 Å². The number of fused-ring (bicyclic) bond motifs is 1. The van der Waals surface area contributed by atoms with Crippen molar-refractivity contribution in [2.75, 3.05) is 5.73 Å². The molecule has 2 N–H and O–H groups in total. The van der Waals surface area contributed by atoms with Crippen LogP contribution in [0.2, 0.25) is 0 Å². The first-order valence-electron chi connectivity index (χ1n) is 5.00. The molecule has 5 heteroatoms. The van der Waals surface area contributed by atoms with Gasteiger partial charge in [-0.05, 0) is 29.8 Å². The lowest BCUT2D eigenvalue weighted by atomic mass is 10.1. The van der Waals surface area contributed by atoms with E-state index >= 15 is 0 Å². The molecule has 0 bridgehead atoms. The molecule has 1 aromatic carbocycles. The zero-order valence-electron chi connectivity index (χ0n) is 8.72. The predicted molar refractivity (Wildman–Crippen MR) is 67.2 cm³/mol. The molecule has 3 nitrogen and oxygen atoms in total. The zero-order valence-corrected chi connectivity index (χ0v) is 9.54. The molecule has 0 spiro atoms. The lowest BCUT2D eigenvalue weighted by molar-refractivity contribution is 0.584. The van der Waals surface area contributed by atoms with Gasteiger partial charge >= 0.3 is 0 Å². The molecule has 0 aliphatic carbocycles. The fraction of sp³-hybridized carbons (Fsp3) is 0. The Kier molecular flexibility index (Phi) is 2.26. The van der Waals surface area contributed by atoms with Crippen molar-refractivity contribution in [1.29, 1.82) is 0 Å². The minimum Gasteiger partial charge on any atom is -0.375 e. The monoisotopic (exact) mass is 245 g/mol. The van der Waals surface area contributed by atoms with Crippen LogP contribution in [0.5, 0.6) is 0 Å². The lowest BCUT2D eigenvalue weighted by Gasteiger charge is -2.00. The summed E-state index contributed by atoms with van der Waals surface area (Å²) in [5, 5.41) is 0.550. The van der Waals surface area contributed by atoms with E-state index in [1.54, 1.807) is 6.07 Å². The van der Waals surface area contributed by atoms with E-state index in [9.17, 15) is 4.39 Å². The summed E-state index contributed by atoms with van der Waals surface area (Å²) in [6.45, 7) is 0. The third-order valence-corrected chi connectivity index (χ3v) is 3.31. The average Bonchev–Trinajstić information content (AvgIpc) is 2.69. The number of hydrogen-bond donors (Lipinski definition) is 1. The second kappa shape index (κ2) is 3.78. The van der Waals surface area contributed by atoms with E-state index in [-0.39, 0.29) is 0 Å². The Morgan fingerprint density at radius 1 is 1.12 bits per heavy atom. The molecule has 0 saturated heterocycles. The molecule has 0 unspecified atom stereocenters. The Hall–Kier alpha value is -2.01. The van der Waals surface area contributed by atoms with Crippen molar-refractivity contribution in [3.8, 4) is 11.1 Å². The highest BCUT2D eigenvalue weighted by molar-refractivity contribution is 7.22. The Balaban J connectivity index is 2.13. The number of aromatic nitrogens is 2. The number of nitrogen functional groups attached to an aromatic ring is 1. The normalized spacial score (nSPS) is 10.9. The molecule has 3 aromatic rings. The van der Waals surface area contributed by atoms with Gasteiger partial charge in [0.05, 0.1) is 10.2 Å². The summed E-state index contributed by atoms with van der Waals surface area (Å²) in [4.78, 5) is 7.82. The number of halogens is 1. The number of benzene rings is 1. The van der Waals surface area contributed by atoms with Crippen molar-refractivity contribution in [2.24, 2.45) is 0 Å². The van der Waals surface area contributed by atoms with E-state index in [2.05, 4.69) is 9.97 Å². The molecule has 0 fully saturated rings. The van der Waals surface area contributed by atoms with Crippen LogP contribution in [0.3, 0.4) is 0 Å². The van der Waals surface area contributed by atoms with E-state index in [1.165, 1.54) is 23.6 Å². The van der Waals surface area contributed by atoms with Crippen LogP contribution in [0.4, 0.5) is 9.52 Å². The quantitative estimate of drug-likeness (QED) is 0.670. The molecule has 17 heavy (non-hydrogen) atoms. The van der Waals surface area contributed by atoms with E-state index in [0.717, 1.165) is 21.3 Å². The molecule has 3 rings (SSSR count). The lowest BCUT2D eigenvalue weighted by Crippen LogP contribution is -1.83. The maximum absolute atomic E-state index is 12.7. The van der Waals surface area contributed by atoms with Crippen LogP contribution in [0.15, 0.2) is 36.5 Å². The molecule has 0 aliphatic heterocycles. The summed E-state index contributed by atoms with van der Waals surface area (Å²) in [6.07, 6.45) is 1.51. The van der Waals surface area contributed by atoms with Gasteiger partial charge in [-0.3, -0.25) is 0 Å². The molecule has 0 radical (unpaired) electrons. The average molecular weight is 245 g/mol. The van der Waals surface area contributed by atoms with Crippen LogP contribution in [0.1, 0.15) is 0 Å². The van der Waals surface area contributed by atoms with Crippen LogP contribution >= 0.6 is 11.3 Å². The Morgan fingerprint density at radius 3 is 2.71 bits per heavy atom. The number of rotatable bonds is 1. The molecule has 2 aromatic heterocycles. The number of anilines is 1. The predicted octanol–water partition coefficient (Wildman–Crippen LogP) is 3.08. The van der Waals surface area contributed by atoms with Gasteiger partial charge in [-0.1, -0.05) is 17.4 Å². The maximum Gasteiger partial charge on any atom is 0.212 e. The smallest absolute Gasteiger partial charge is 0.212 e. The molecule has 0 atom stereocenters. The first kappa shape index (κ1) is 10.2. The standard InChI is InChI=1S/C12H8FN3S/c13-11-4-2-8(6-15-11)7-1-3-9-10(5-7)17-12(14)16-9/h1-6H,(H2,14,16). The molecular formula is C12H8FN3S. The van der Waals surface area contributed by atoms with Crippen molar-refractivity contribution in [3.05, 3.63) is 42.5 Å². The third-order valence-electron chi connectivity index (χ3n) is 2.47. The van der Waals surface area contributed by atoms with Gasteiger partial charge in [0.15, 0.2) is 5.13 Å². The summed E-state index contributed by atoms with van der Waals surface area (Å²) >= 11 is 1.44. The first-order valence-corrected chi connectivity index (χ1v) is 5.82. The topological polar surface area (TPSA) is 51.8 Å². The Labute approximate surface area is 101 Å². The molecule has 0 aliphatic rings. The Morgan fingerprint density at radius 2 is 1.94 bits per heavy atom. The third kappa shape index (κ3) is 1.85. The van der Waals surface area contributed by atoms with Gasteiger partial charge < -0.3 is 5.73 Å². The van der Waals surface area contributed by atoms with Crippen molar-refractivity contribution in [3.63, 3.8) is 0 Å². The molecule has 84 valence electrons. The van der Waals surface area contributed by atoms with Gasteiger partial charge in [-0.2, -0.15) is 4.39 Å². The van der Waals surface area contributed by atoms with Crippen LogP contribution in [-0.4, -0.2) is 9.97 Å². The summed E-state index contributed by atoms with van der Waals surface area (Å²) in [6, 6.07) is 8.87. The molecular weight excluding hydrogens is 237 g/mol. The number of nitrogens with zero attached hydrogens (tertiary/aromatic N) is 2. The van der Waals surface area contributed by atoms with Gasteiger partial charge in [0.2, 0.25) is 5.95 Å². The molecule has 2 heterocycles. The van der Waals surface area contributed by atoms with E-state index < -0.39 is 5.95 Å². The maximum atomic E-state index is 12.7. The SMILES string of the molecule is Nc1nc2ccc(-c3ccc(F)nc3)cc2s1. The number of nitrogens with two attached hydrogens (primary N) is 1. The van der Waals surface area contributed by atoms with Gasteiger partial charge in [0, 0.05) is 11.8 Å². The van der Waals surface area contributed by atoms with Crippen LogP contribution in [0, 0.1) is 5.95 Å². The first-order chi connectivity index (χ1) is 8.22. The van der Waals surface area contributed by atoms with Crippen LogP contribution < -0.4 is 5.73 Å². The summed E-state index contributed by atoms with van der Waals surface area (Å²) in [5.74, 6) is -0.475. The van der Waals surface area contributed by atoms with Crippen LogP contribution in [0.25, 0.3) is 21.3 Å². The molecule has 0 amide bonds. The molecule has 0 saturated carbocycles. The largest absolute Gasteiger partial charge is 0.375 e. The van der Waals surface area contributed by atoms with E-state index in [1.807, 2.05) is 18.2 Å². The van der Waals surface area contributed by atoms with E-state index in [0.29, 0.717) is 5.13 Å². The van der Waals surface area contributed by atoms with Crippen molar-refractivity contribution < 1.29 is 4.39 Å². The highest BCUT2D eigenvalue weighted by Gasteiger charge is 2.04. The fourth-order valence-corrected chi connectivity index (χ4v) is 2.44. The zero-order chi connectivity index (χ0) is 11.8. The second-order valence-electron chi connectivity index (χ2n) is 3.60. The second-order valence-corrected chi connectivity index (χ2v) is 4.67. The van der Waals surface area contributed by atoms with Crippen molar-refractivity contribution in [1.82, 2.24) is 9.97 Å². The summed E-state index contributed by atoms with van der Waals surface area (Å²) in [7, 11) is 0. The van der Waals surface area contributed by atoms with E-state index in [4.69, 9.17) is 5.73 Å². The van der Waals surface area contributed by atoms with Gasteiger partial charge in [-0.25, -0.2) is 9.97 Å². The van der Waals surface area contributed by atoms with Crippen molar-refractivity contribution >= 4 is 26.7 Å². The van der Waals surface area contributed by atoms with Gasteiger partial charge in [0.25, 0.3) is 0 Å². The summed E-state index contributed by atoms with van der Waals surface area (Å²) < 4.78 is 13.7. The highest BCUT2D eigenvalue weighted by atomic mass is 32.1. The number of thiazole rings is 1. The minimum absolute atomic E-state index is 0.475. The van der Waals surface area contributed by atoms with Crippen LogP contribution in [-0.2, 0) is 0 Å². The van der Waals surface area contributed by atoms with Crippen molar-refractivity contribution in [2.45, 2.75) is 0 Å². The number of hydrogen-bond acceptors (Lipinski definition) is 4. The number of pyridine rings is 1. The highest BCUT2D eigenvalue weighted by Crippen LogP contribution is 2.28. The Bertz CT molecular complexity index is 676. The summed E-state index contributed by atoms with van der Waals surface area (Å²) in [5.41, 5.74) is 8.38.